The van der Waals surface area contributed by atoms with Crippen molar-refractivity contribution in [3.8, 4) is 0 Å². The number of nitrogens with two attached hydrogens (primary N) is 1. The highest BCUT2D eigenvalue weighted by Gasteiger charge is 2.28. The average Bonchev–Trinajstić information content (AvgIpc) is 2.61. The Bertz CT molecular complexity index is 714. The molecular weight excluding hydrogens is 298 g/mol. The van der Waals surface area contributed by atoms with Crippen LogP contribution in [0.2, 0.25) is 0 Å². The van der Waals surface area contributed by atoms with Crippen molar-refractivity contribution in [2.45, 2.75) is 32.4 Å². The van der Waals surface area contributed by atoms with Crippen molar-refractivity contribution in [3.05, 3.63) is 59.7 Å². The molecule has 4 nitrogen and oxygen atoms in total. The number of nitrogens with zero attached hydrogens (tertiary/aromatic N) is 2. The molecule has 2 aromatic carbocycles. The van der Waals surface area contributed by atoms with Gasteiger partial charge in [0, 0.05) is 31.5 Å². The van der Waals surface area contributed by atoms with E-state index in [1.807, 2.05) is 56.4 Å². The fourth-order valence-corrected chi connectivity index (χ4v) is 3.47. The third-order valence-corrected chi connectivity index (χ3v) is 4.79. The molecule has 0 fully saturated rings. The third kappa shape index (κ3) is 3.23. The molecule has 1 heterocycles. The lowest BCUT2D eigenvalue weighted by Gasteiger charge is -2.37. The third-order valence-electron chi connectivity index (χ3n) is 4.79. The van der Waals surface area contributed by atoms with Gasteiger partial charge in [-0.2, -0.15) is 0 Å². The second kappa shape index (κ2) is 6.95. The number of carbonyl (C=O) groups is 1. The molecule has 0 saturated carbocycles. The quantitative estimate of drug-likeness (QED) is 0.880. The van der Waals surface area contributed by atoms with E-state index in [9.17, 15) is 4.79 Å². The molecule has 4 heteroatoms. The zero-order chi connectivity index (χ0) is 17.1. The summed E-state index contributed by atoms with van der Waals surface area (Å²) in [6, 6.07) is 15.9. The maximum absolute atomic E-state index is 12.9. The van der Waals surface area contributed by atoms with E-state index in [1.54, 1.807) is 4.90 Å². The predicted octanol–water partition coefficient (Wildman–Crippen LogP) is 3.07. The number of rotatable bonds is 4. The molecule has 1 atom stereocenters. The maximum atomic E-state index is 12.9. The van der Waals surface area contributed by atoms with E-state index in [2.05, 4.69) is 11.0 Å². The van der Waals surface area contributed by atoms with Gasteiger partial charge in [0.25, 0.3) is 0 Å². The maximum Gasteiger partial charge on any atom is 0.245 e. The first-order chi connectivity index (χ1) is 11.6. The first-order valence-corrected chi connectivity index (χ1v) is 8.51. The van der Waals surface area contributed by atoms with Crippen LogP contribution >= 0.6 is 0 Å². The van der Waals surface area contributed by atoms with Crippen molar-refractivity contribution in [1.29, 1.82) is 0 Å². The van der Waals surface area contributed by atoms with Crippen LogP contribution in [0, 0.1) is 0 Å². The smallest absolute Gasteiger partial charge is 0.245 e. The van der Waals surface area contributed by atoms with Crippen molar-refractivity contribution in [3.63, 3.8) is 0 Å². The number of anilines is 2. The SMILES string of the molecule is CC(C(=O)N(C)Cc1ccccc1)N1CCCc2c(N)cccc21. The van der Waals surface area contributed by atoms with Gasteiger partial charge in [0.2, 0.25) is 5.91 Å². The van der Waals surface area contributed by atoms with Crippen LogP contribution in [0.3, 0.4) is 0 Å². The van der Waals surface area contributed by atoms with Gasteiger partial charge in [0.1, 0.15) is 6.04 Å². The minimum atomic E-state index is -0.195. The molecule has 3 rings (SSSR count). The van der Waals surface area contributed by atoms with E-state index in [0.717, 1.165) is 36.3 Å². The second-order valence-electron chi connectivity index (χ2n) is 6.50. The van der Waals surface area contributed by atoms with E-state index < -0.39 is 0 Å². The van der Waals surface area contributed by atoms with Gasteiger partial charge in [0.15, 0.2) is 0 Å². The summed E-state index contributed by atoms with van der Waals surface area (Å²) in [5.41, 5.74) is 10.4. The van der Waals surface area contributed by atoms with Crippen molar-refractivity contribution in [2.75, 3.05) is 24.2 Å². The van der Waals surface area contributed by atoms with E-state index in [0.29, 0.717) is 6.54 Å². The molecule has 0 saturated heterocycles. The number of nitrogen functional groups attached to an aromatic ring is 1. The predicted molar refractivity (Wildman–Crippen MR) is 98.9 cm³/mol. The zero-order valence-corrected chi connectivity index (χ0v) is 14.4. The Hall–Kier alpha value is -2.49. The summed E-state index contributed by atoms with van der Waals surface area (Å²) >= 11 is 0. The molecule has 1 amide bonds. The summed E-state index contributed by atoms with van der Waals surface area (Å²) in [5, 5.41) is 0. The minimum Gasteiger partial charge on any atom is -0.398 e. The number of amides is 1. The molecular formula is C20H25N3O. The van der Waals surface area contributed by atoms with Gasteiger partial charge in [-0.3, -0.25) is 4.79 Å². The zero-order valence-electron chi connectivity index (χ0n) is 14.4. The highest BCUT2D eigenvalue weighted by Crippen LogP contribution is 2.32. The van der Waals surface area contributed by atoms with E-state index in [-0.39, 0.29) is 11.9 Å². The number of hydrogen-bond donors (Lipinski definition) is 1. The van der Waals surface area contributed by atoms with Gasteiger partial charge in [-0.05, 0) is 43.0 Å². The Morgan fingerprint density at radius 2 is 1.96 bits per heavy atom. The molecule has 1 aliphatic rings. The van der Waals surface area contributed by atoms with Crippen LogP contribution < -0.4 is 10.6 Å². The van der Waals surface area contributed by atoms with Crippen LogP contribution in [0.5, 0.6) is 0 Å². The fourth-order valence-electron chi connectivity index (χ4n) is 3.47. The van der Waals surface area contributed by atoms with E-state index in [1.165, 1.54) is 5.56 Å². The molecule has 0 aliphatic carbocycles. The summed E-state index contributed by atoms with van der Waals surface area (Å²) < 4.78 is 0. The highest BCUT2D eigenvalue weighted by atomic mass is 16.2. The topological polar surface area (TPSA) is 49.6 Å². The first-order valence-electron chi connectivity index (χ1n) is 8.51. The van der Waals surface area contributed by atoms with Crippen LogP contribution in [-0.4, -0.2) is 30.4 Å². The van der Waals surface area contributed by atoms with Crippen molar-refractivity contribution < 1.29 is 4.79 Å². The van der Waals surface area contributed by atoms with Gasteiger partial charge in [-0.15, -0.1) is 0 Å². The normalized spacial score (nSPS) is 14.8. The number of fused-ring (bicyclic) bond motifs is 1. The van der Waals surface area contributed by atoms with Gasteiger partial charge in [0.05, 0.1) is 0 Å². The summed E-state index contributed by atoms with van der Waals surface area (Å²) in [6.45, 7) is 3.51. The molecule has 2 aromatic rings. The van der Waals surface area contributed by atoms with Crippen molar-refractivity contribution >= 4 is 17.3 Å². The van der Waals surface area contributed by atoms with Crippen LogP contribution in [0.15, 0.2) is 48.5 Å². The molecule has 0 radical (unpaired) electrons. The summed E-state index contributed by atoms with van der Waals surface area (Å²) in [7, 11) is 1.87. The van der Waals surface area contributed by atoms with Gasteiger partial charge < -0.3 is 15.5 Å². The number of carbonyl (C=O) groups excluding carboxylic acids is 1. The Labute approximate surface area is 143 Å². The second-order valence-corrected chi connectivity index (χ2v) is 6.50. The summed E-state index contributed by atoms with van der Waals surface area (Å²) in [5.74, 6) is 0.133. The largest absolute Gasteiger partial charge is 0.398 e. The summed E-state index contributed by atoms with van der Waals surface area (Å²) in [6.07, 6.45) is 2.01. The molecule has 0 aromatic heterocycles. The number of hydrogen-bond acceptors (Lipinski definition) is 3. The van der Waals surface area contributed by atoms with Gasteiger partial charge >= 0.3 is 0 Å². The lowest BCUT2D eigenvalue weighted by atomic mass is 9.98. The Kier molecular flexibility index (Phi) is 4.74. The molecule has 1 unspecified atom stereocenters. The molecule has 0 bridgehead atoms. The lowest BCUT2D eigenvalue weighted by Crippen LogP contribution is -2.47. The van der Waals surface area contributed by atoms with E-state index in [4.69, 9.17) is 5.73 Å². The van der Waals surface area contributed by atoms with Crippen LogP contribution in [-0.2, 0) is 17.8 Å². The average molecular weight is 323 g/mol. The molecule has 24 heavy (non-hydrogen) atoms. The van der Waals surface area contributed by atoms with Crippen molar-refractivity contribution in [2.24, 2.45) is 0 Å². The molecule has 126 valence electrons. The molecule has 1 aliphatic heterocycles. The highest BCUT2D eigenvalue weighted by molar-refractivity contribution is 5.85. The van der Waals surface area contributed by atoms with Crippen molar-refractivity contribution in [1.82, 2.24) is 4.90 Å². The Morgan fingerprint density at radius 1 is 1.21 bits per heavy atom. The fraction of sp³-hybridized carbons (Fsp3) is 0.350. The minimum absolute atomic E-state index is 0.133. The molecule has 2 N–H and O–H groups in total. The van der Waals surface area contributed by atoms with E-state index >= 15 is 0 Å². The Balaban J connectivity index is 1.76. The number of likely N-dealkylation sites (N-methyl/N-ethyl adjacent to an activating group) is 1. The van der Waals surface area contributed by atoms with Gasteiger partial charge in [-0.1, -0.05) is 36.4 Å². The standard InChI is InChI=1S/C20H25N3O/c1-15(20(24)22(2)14-16-8-4-3-5-9-16)23-13-7-10-17-18(21)11-6-12-19(17)23/h3-6,8-9,11-12,15H,7,10,13-14,21H2,1-2H3. The molecule has 0 spiro atoms. The van der Waals surface area contributed by atoms with Crippen LogP contribution in [0.1, 0.15) is 24.5 Å². The monoisotopic (exact) mass is 323 g/mol. The Morgan fingerprint density at radius 3 is 2.71 bits per heavy atom. The van der Waals surface area contributed by atoms with Crippen LogP contribution in [0.25, 0.3) is 0 Å². The summed E-state index contributed by atoms with van der Waals surface area (Å²) in [4.78, 5) is 16.9. The van der Waals surface area contributed by atoms with Gasteiger partial charge in [-0.25, -0.2) is 0 Å². The van der Waals surface area contributed by atoms with Crippen LogP contribution in [0.4, 0.5) is 11.4 Å². The number of benzene rings is 2. The first kappa shape index (κ1) is 16.4. The lowest BCUT2D eigenvalue weighted by molar-refractivity contribution is -0.131.